The van der Waals surface area contributed by atoms with Crippen LogP contribution >= 0.6 is 6.89 Å². The molecular formula is C41H43N4O4P. The molecular weight excluding hydrogens is 643 g/mol. The Bertz CT molecular complexity index is 1880. The van der Waals surface area contributed by atoms with Gasteiger partial charge in [-0.3, -0.25) is 4.79 Å². The molecule has 4 aromatic carbocycles. The molecule has 1 atom stereocenters. The third-order valence-corrected chi connectivity index (χ3v) is 13.4. The molecule has 0 bridgehead atoms. The molecule has 1 amide bonds. The van der Waals surface area contributed by atoms with Crippen LogP contribution in [0.3, 0.4) is 0 Å². The van der Waals surface area contributed by atoms with Crippen molar-refractivity contribution in [2.75, 3.05) is 6.61 Å². The van der Waals surface area contributed by atoms with Crippen molar-refractivity contribution in [1.82, 2.24) is 15.5 Å². The number of Topliss-reactive ketones (excluding diaryl/α,β-unsaturated/α-hetero) is 1. The van der Waals surface area contributed by atoms with Crippen LogP contribution in [0, 0.1) is 16.7 Å². The molecule has 1 heterocycles. The van der Waals surface area contributed by atoms with Crippen molar-refractivity contribution in [2.24, 2.45) is 5.41 Å². The van der Waals surface area contributed by atoms with Crippen LogP contribution in [0.25, 0.3) is 11.5 Å². The zero-order chi connectivity index (χ0) is 35.6. The highest BCUT2D eigenvalue weighted by Gasteiger charge is 2.55. The largest absolute Gasteiger partial charge is 0.450 e. The monoisotopic (exact) mass is 686 g/mol. The van der Waals surface area contributed by atoms with Crippen LogP contribution in [0.1, 0.15) is 52.8 Å². The summed E-state index contributed by atoms with van der Waals surface area (Å²) < 4.78 is 11.8. The zero-order valence-electron chi connectivity index (χ0n) is 29.0. The van der Waals surface area contributed by atoms with Crippen LogP contribution in [0.5, 0.6) is 0 Å². The van der Waals surface area contributed by atoms with Gasteiger partial charge in [-0.05, 0) is 53.2 Å². The second kappa shape index (κ2) is 16.0. The average Bonchev–Trinajstić information content (AvgIpc) is 3.62. The molecule has 50 heavy (non-hydrogen) atoms. The highest BCUT2D eigenvalue weighted by atomic mass is 31.2. The quantitative estimate of drug-likeness (QED) is 0.122. The summed E-state index contributed by atoms with van der Waals surface area (Å²) in [5.74, 6) is -0.0817. The molecule has 0 saturated carbocycles. The third kappa shape index (κ3) is 7.06. The van der Waals surface area contributed by atoms with E-state index in [1.165, 1.54) is 0 Å². The van der Waals surface area contributed by atoms with E-state index in [1.54, 1.807) is 0 Å². The lowest BCUT2D eigenvalue weighted by Gasteiger charge is -2.46. The van der Waals surface area contributed by atoms with Crippen LogP contribution in [0.2, 0.25) is 0 Å². The number of carbonyl (C=O) groups excluding carboxylic acids is 2. The minimum Gasteiger partial charge on any atom is -0.450 e. The standard InChI is InChI=1S/C41H43N4O4P/c1-5-27-40(3,4)41(43-39(47)48-28-6-2,29-36-44-45-38(49-36)31-19-11-7-12-20-31)37(46)35(30-42)50(32-21-13-8-14-22-32,33-23-15-9-16-24-33)34-25-17-10-18-26-34/h7-26H,5-6,27-29H2,1-4H3,(H,43,47)/t41-/m0/s1. The number of alkyl carbamates (subject to hydrolysis) is 1. The Morgan fingerprint density at radius 3 is 1.74 bits per heavy atom. The fraction of sp³-hybridized carbons (Fsp3) is 0.268. The first kappa shape index (κ1) is 36.0. The Morgan fingerprint density at radius 1 is 0.780 bits per heavy atom. The van der Waals surface area contributed by atoms with Gasteiger partial charge in [0.05, 0.1) is 13.0 Å². The zero-order valence-corrected chi connectivity index (χ0v) is 29.9. The lowest BCUT2D eigenvalue weighted by atomic mass is 9.64. The minimum atomic E-state index is -3.17. The fourth-order valence-corrected chi connectivity index (χ4v) is 10.8. The number of nitrogens with one attached hydrogen (secondary N) is 1. The number of amides is 1. The maximum atomic E-state index is 16.0. The molecule has 0 unspecified atom stereocenters. The number of benzene rings is 4. The van der Waals surface area contributed by atoms with Gasteiger partial charge >= 0.3 is 6.09 Å². The summed E-state index contributed by atoms with van der Waals surface area (Å²) in [6, 6.07) is 41.0. The summed E-state index contributed by atoms with van der Waals surface area (Å²) in [5, 5.41) is 25.7. The molecule has 0 aliphatic heterocycles. The molecule has 8 nitrogen and oxygen atoms in total. The molecule has 9 heteroatoms. The van der Waals surface area contributed by atoms with Gasteiger partial charge in [-0.15, -0.1) is 10.2 Å². The predicted octanol–water partition coefficient (Wildman–Crippen LogP) is 7.24. The van der Waals surface area contributed by atoms with Gasteiger partial charge in [0.1, 0.15) is 16.9 Å². The van der Waals surface area contributed by atoms with E-state index >= 15 is 4.79 Å². The van der Waals surface area contributed by atoms with Gasteiger partial charge in [-0.25, -0.2) is 4.79 Å². The average molecular weight is 687 g/mol. The molecule has 5 rings (SSSR count). The third-order valence-electron chi connectivity index (χ3n) is 9.16. The summed E-state index contributed by atoms with van der Waals surface area (Å²) in [6.45, 7) is 4.79. The summed E-state index contributed by atoms with van der Waals surface area (Å²) in [5.41, 5.74) is -1.94. The van der Waals surface area contributed by atoms with Crippen molar-refractivity contribution in [1.29, 1.82) is 5.26 Å². The molecule has 0 aliphatic rings. The Hall–Kier alpha value is -5.25. The van der Waals surface area contributed by atoms with Crippen LogP contribution < -0.4 is 21.2 Å². The molecule has 0 saturated heterocycles. The lowest BCUT2D eigenvalue weighted by Crippen LogP contribution is -2.66. The van der Waals surface area contributed by atoms with Crippen molar-refractivity contribution in [3.63, 3.8) is 0 Å². The maximum absolute atomic E-state index is 16.0. The first-order chi connectivity index (χ1) is 24.2. The molecule has 0 fully saturated rings. The van der Waals surface area contributed by atoms with Crippen molar-refractivity contribution in [3.8, 4) is 17.5 Å². The highest BCUT2D eigenvalue weighted by molar-refractivity contribution is 7.97. The Balaban J connectivity index is 1.88. The predicted molar refractivity (Wildman–Crippen MR) is 200 cm³/mol. The molecule has 0 spiro atoms. The van der Waals surface area contributed by atoms with E-state index in [0.29, 0.717) is 19.3 Å². The Morgan fingerprint density at radius 2 is 1.28 bits per heavy atom. The van der Waals surface area contributed by atoms with Crippen LogP contribution in [0.4, 0.5) is 4.79 Å². The van der Waals surface area contributed by atoms with Crippen molar-refractivity contribution in [3.05, 3.63) is 127 Å². The smallest absolute Gasteiger partial charge is 0.407 e. The summed E-state index contributed by atoms with van der Waals surface area (Å²) >= 11 is 0. The maximum Gasteiger partial charge on any atom is 0.407 e. The van der Waals surface area contributed by atoms with Gasteiger partial charge in [0.15, 0.2) is 0 Å². The number of nitrogens with zero attached hydrogens (tertiary/aromatic N) is 3. The number of nitriles is 1. The van der Waals surface area contributed by atoms with Gasteiger partial charge in [0, 0.05) is 5.56 Å². The number of hydrogen-bond acceptors (Lipinski definition) is 7. The van der Waals surface area contributed by atoms with Crippen LogP contribution in [0.15, 0.2) is 126 Å². The molecule has 0 radical (unpaired) electrons. The van der Waals surface area contributed by atoms with Crippen molar-refractivity contribution in [2.45, 2.75) is 58.9 Å². The molecule has 0 aliphatic carbocycles. The Labute approximate surface area is 294 Å². The number of aromatic nitrogens is 2. The van der Waals surface area contributed by atoms with E-state index in [2.05, 4.69) is 21.6 Å². The number of rotatable bonds is 14. The van der Waals surface area contributed by atoms with E-state index in [4.69, 9.17) is 9.15 Å². The van der Waals surface area contributed by atoms with Gasteiger partial charge in [0.25, 0.3) is 0 Å². The number of carbonyl (C=O) groups is 2. The van der Waals surface area contributed by atoms with Crippen molar-refractivity contribution < 1.29 is 18.7 Å². The summed E-state index contributed by atoms with van der Waals surface area (Å²) in [6.07, 6.45) is 0.900. The number of hydrogen-bond donors (Lipinski definition) is 1. The SMILES string of the molecule is CCCOC(=O)N[C@@](Cc1nnc(-c2ccccc2)o1)(C(=O)C(C#N)=P(c1ccccc1)(c1ccccc1)c1ccccc1)C(C)(C)CCC. The van der Waals surface area contributed by atoms with Gasteiger partial charge in [-0.2, -0.15) is 5.26 Å². The second-order valence-corrected chi connectivity index (χ2v) is 16.1. The van der Waals surface area contributed by atoms with Gasteiger partial charge < -0.3 is 14.5 Å². The first-order valence-electron chi connectivity index (χ1n) is 16.9. The van der Waals surface area contributed by atoms with Gasteiger partial charge in [0.2, 0.25) is 17.6 Å². The number of ether oxygens (including phenoxy) is 1. The normalized spacial score (nSPS) is 12.7. The summed E-state index contributed by atoms with van der Waals surface area (Å²) in [7, 11) is 0. The lowest BCUT2D eigenvalue weighted by molar-refractivity contribution is -0.123. The Kier molecular flexibility index (Phi) is 11.5. The van der Waals surface area contributed by atoms with Crippen LogP contribution in [-0.2, 0) is 16.0 Å². The molecule has 1 aromatic heterocycles. The molecule has 256 valence electrons. The van der Waals surface area contributed by atoms with E-state index in [1.807, 2.05) is 149 Å². The number of ketones is 1. The molecule has 5 aromatic rings. The van der Waals surface area contributed by atoms with E-state index in [9.17, 15) is 10.1 Å². The second-order valence-electron chi connectivity index (χ2n) is 12.8. The minimum absolute atomic E-state index is 0.0452. The van der Waals surface area contributed by atoms with E-state index < -0.39 is 29.7 Å². The van der Waals surface area contributed by atoms with E-state index in [-0.39, 0.29) is 30.1 Å². The van der Waals surface area contributed by atoms with Crippen LogP contribution in [-0.4, -0.2) is 39.5 Å². The topological polar surface area (TPSA) is 118 Å². The van der Waals surface area contributed by atoms with Crippen molar-refractivity contribution >= 4 is 40.0 Å². The van der Waals surface area contributed by atoms with E-state index in [0.717, 1.165) is 21.5 Å². The fourth-order valence-electron chi connectivity index (χ4n) is 6.66. The summed E-state index contributed by atoms with van der Waals surface area (Å²) in [4.78, 5) is 29.7. The molecule has 1 N–H and O–H groups in total. The highest BCUT2D eigenvalue weighted by Crippen LogP contribution is 2.49. The first-order valence-corrected chi connectivity index (χ1v) is 18.7. The van der Waals surface area contributed by atoms with Gasteiger partial charge in [-0.1, -0.05) is 143 Å².